The molecule has 0 aromatic carbocycles. The van der Waals surface area contributed by atoms with Gasteiger partial charge in [-0.1, -0.05) is 0 Å². The van der Waals surface area contributed by atoms with E-state index in [2.05, 4.69) is 0 Å². The maximum atomic E-state index is 11.5. The Balaban J connectivity index is 2.47. The van der Waals surface area contributed by atoms with Crippen LogP contribution in [-0.2, 0) is 14.3 Å². The zero-order chi connectivity index (χ0) is 13.5. The van der Waals surface area contributed by atoms with Gasteiger partial charge in [-0.2, -0.15) is 0 Å². The summed E-state index contributed by atoms with van der Waals surface area (Å²) in [5, 5.41) is 0. The fourth-order valence-electron chi connectivity index (χ4n) is 1.96. The van der Waals surface area contributed by atoms with Crippen LogP contribution in [0.2, 0.25) is 0 Å². The van der Waals surface area contributed by atoms with E-state index in [4.69, 9.17) is 15.2 Å². The smallest absolute Gasteiger partial charge is 0.409 e. The second-order valence-electron chi connectivity index (χ2n) is 4.00. The standard InChI is InChI=1S/C11H21N3O4/c1-3-18-11(16)14-6-4-13(5-7-14)9(8-12)10(15)17-2/h9H,3-8,12H2,1-2H3. The topological polar surface area (TPSA) is 85.1 Å². The largest absolute Gasteiger partial charge is 0.468 e. The summed E-state index contributed by atoms with van der Waals surface area (Å²) >= 11 is 0. The Bertz CT molecular complexity index is 290. The monoisotopic (exact) mass is 259 g/mol. The molecule has 104 valence electrons. The third-order valence-electron chi connectivity index (χ3n) is 2.98. The summed E-state index contributed by atoms with van der Waals surface area (Å²) in [6, 6.07) is -0.431. The molecular formula is C11H21N3O4. The molecule has 0 aromatic heterocycles. The van der Waals surface area contributed by atoms with Crippen LogP contribution in [0.5, 0.6) is 0 Å². The molecule has 0 spiro atoms. The Labute approximate surface area is 107 Å². The average Bonchev–Trinajstić information content (AvgIpc) is 2.40. The molecule has 1 aliphatic rings. The highest BCUT2D eigenvalue weighted by molar-refractivity contribution is 5.76. The van der Waals surface area contributed by atoms with Crippen LogP contribution in [0, 0.1) is 0 Å². The highest BCUT2D eigenvalue weighted by Gasteiger charge is 2.30. The summed E-state index contributed by atoms with van der Waals surface area (Å²) in [5.41, 5.74) is 5.57. The minimum atomic E-state index is -0.431. The molecule has 1 saturated heterocycles. The van der Waals surface area contributed by atoms with Crippen LogP contribution < -0.4 is 5.73 Å². The molecule has 0 bridgehead atoms. The number of methoxy groups -OCH3 is 1. The lowest BCUT2D eigenvalue weighted by molar-refractivity contribution is -0.147. The number of rotatable bonds is 4. The normalized spacial score (nSPS) is 18.3. The van der Waals surface area contributed by atoms with Crippen molar-refractivity contribution in [2.24, 2.45) is 5.73 Å². The number of hydrogen-bond donors (Lipinski definition) is 1. The van der Waals surface area contributed by atoms with E-state index in [9.17, 15) is 9.59 Å². The van der Waals surface area contributed by atoms with E-state index in [1.54, 1.807) is 11.8 Å². The van der Waals surface area contributed by atoms with Crippen molar-refractivity contribution in [3.63, 3.8) is 0 Å². The van der Waals surface area contributed by atoms with Gasteiger partial charge in [0.25, 0.3) is 0 Å². The summed E-state index contributed by atoms with van der Waals surface area (Å²) in [5.74, 6) is -0.331. The molecule has 7 nitrogen and oxygen atoms in total. The van der Waals surface area contributed by atoms with E-state index in [0.29, 0.717) is 32.8 Å². The van der Waals surface area contributed by atoms with Crippen molar-refractivity contribution in [3.8, 4) is 0 Å². The number of nitrogens with zero attached hydrogens (tertiary/aromatic N) is 2. The third kappa shape index (κ3) is 3.58. The molecule has 1 amide bonds. The predicted octanol–water partition coefficient (Wildman–Crippen LogP) is -0.739. The summed E-state index contributed by atoms with van der Waals surface area (Å²) < 4.78 is 9.63. The Morgan fingerprint density at radius 1 is 1.28 bits per heavy atom. The van der Waals surface area contributed by atoms with Gasteiger partial charge in [-0.15, -0.1) is 0 Å². The van der Waals surface area contributed by atoms with Crippen LogP contribution in [0.25, 0.3) is 0 Å². The number of carbonyl (C=O) groups is 2. The van der Waals surface area contributed by atoms with Crippen LogP contribution in [0.1, 0.15) is 6.92 Å². The second kappa shape index (κ2) is 7.17. The molecule has 1 heterocycles. The minimum absolute atomic E-state index is 0.214. The van der Waals surface area contributed by atoms with Crippen LogP contribution in [-0.4, -0.2) is 74.3 Å². The van der Waals surface area contributed by atoms with Crippen LogP contribution in [0.15, 0.2) is 0 Å². The summed E-state index contributed by atoms with van der Waals surface area (Å²) in [7, 11) is 1.35. The predicted molar refractivity (Wildman–Crippen MR) is 65.0 cm³/mol. The number of ether oxygens (including phenoxy) is 2. The van der Waals surface area contributed by atoms with Gasteiger partial charge in [-0.3, -0.25) is 9.69 Å². The van der Waals surface area contributed by atoms with Gasteiger partial charge in [0.2, 0.25) is 0 Å². The van der Waals surface area contributed by atoms with Crippen LogP contribution >= 0.6 is 0 Å². The second-order valence-corrected chi connectivity index (χ2v) is 4.00. The van der Waals surface area contributed by atoms with Gasteiger partial charge in [-0.25, -0.2) is 4.79 Å². The number of esters is 1. The Morgan fingerprint density at radius 3 is 2.33 bits per heavy atom. The van der Waals surface area contributed by atoms with Gasteiger partial charge in [0, 0.05) is 32.7 Å². The van der Waals surface area contributed by atoms with Crippen molar-refractivity contribution in [1.29, 1.82) is 0 Å². The van der Waals surface area contributed by atoms with Gasteiger partial charge in [-0.05, 0) is 6.92 Å². The quantitative estimate of drug-likeness (QED) is 0.669. The first-order valence-electron chi connectivity index (χ1n) is 6.07. The highest BCUT2D eigenvalue weighted by Crippen LogP contribution is 2.08. The molecule has 18 heavy (non-hydrogen) atoms. The maximum Gasteiger partial charge on any atom is 0.409 e. The van der Waals surface area contributed by atoms with E-state index in [1.807, 2.05) is 4.90 Å². The van der Waals surface area contributed by atoms with E-state index < -0.39 is 6.04 Å². The summed E-state index contributed by atoms with van der Waals surface area (Å²) in [6.07, 6.45) is -0.306. The fraction of sp³-hybridized carbons (Fsp3) is 0.818. The van der Waals surface area contributed by atoms with Gasteiger partial charge < -0.3 is 20.1 Å². The fourth-order valence-corrected chi connectivity index (χ4v) is 1.96. The Morgan fingerprint density at radius 2 is 1.89 bits per heavy atom. The molecule has 1 aliphatic heterocycles. The lowest BCUT2D eigenvalue weighted by atomic mass is 10.2. The highest BCUT2D eigenvalue weighted by atomic mass is 16.6. The third-order valence-corrected chi connectivity index (χ3v) is 2.98. The molecule has 0 saturated carbocycles. The van der Waals surface area contributed by atoms with Gasteiger partial charge in [0.05, 0.1) is 13.7 Å². The zero-order valence-electron chi connectivity index (χ0n) is 10.9. The van der Waals surface area contributed by atoms with Crippen molar-refractivity contribution in [1.82, 2.24) is 9.80 Å². The summed E-state index contributed by atoms with van der Waals surface area (Å²) in [6.45, 7) is 4.61. The van der Waals surface area contributed by atoms with Crippen molar-refractivity contribution in [2.45, 2.75) is 13.0 Å². The molecule has 0 radical (unpaired) electrons. The van der Waals surface area contributed by atoms with Crippen LogP contribution in [0.3, 0.4) is 0 Å². The summed E-state index contributed by atoms with van der Waals surface area (Å²) in [4.78, 5) is 26.6. The molecule has 0 aliphatic carbocycles. The van der Waals surface area contributed by atoms with Gasteiger partial charge in [0.15, 0.2) is 0 Å². The molecule has 0 aromatic rings. The molecule has 1 fully saturated rings. The van der Waals surface area contributed by atoms with Crippen molar-refractivity contribution < 1.29 is 19.1 Å². The van der Waals surface area contributed by atoms with Gasteiger partial charge >= 0.3 is 12.1 Å². The van der Waals surface area contributed by atoms with E-state index in [-0.39, 0.29) is 18.6 Å². The molecular weight excluding hydrogens is 238 g/mol. The first-order valence-corrected chi connectivity index (χ1v) is 6.07. The first kappa shape index (κ1) is 14.7. The van der Waals surface area contributed by atoms with Crippen LogP contribution in [0.4, 0.5) is 4.79 Å². The molecule has 1 rings (SSSR count). The van der Waals surface area contributed by atoms with Crippen molar-refractivity contribution >= 4 is 12.1 Å². The van der Waals surface area contributed by atoms with Crippen molar-refractivity contribution in [2.75, 3.05) is 46.4 Å². The Hall–Kier alpha value is -1.34. The lowest BCUT2D eigenvalue weighted by Crippen LogP contribution is -2.56. The SMILES string of the molecule is CCOC(=O)N1CCN(C(CN)C(=O)OC)CC1. The number of amides is 1. The van der Waals surface area contributed by atoms with Crippen molar-refractivity contribution in [3.05, 3.63) is 0 Å². The number of carbonyl (C=O) groups excluding carboxylic acids is 2. The molecule has 2 N–H and O–H groups in total. The number of piperazine rings is 1. The van der Waals surface area contributed by atoms with Gasteiger partial charge in [0.1, 0.15) is 6.04 Å². The first-order chi connectivity index (χ1) is 8.63. The zero-order valence-corrected chi connectivity index (χ0v) is 10.9. The Kier molecular flexibility index (Phi) is 5.87. The number of nitrogens with two attached hydrogens (primary N) is 1. The molecule has 1 unspecified atom stereocenters. The lowest BCUT2D eigenvalue weighted by Gasteiger charge is -2.37. The van der Waals surface area contributed by atoms with E-state index in [0.717, 1.165) is 0 Å². The number of hydrogen-bond acceptors (Lipinski definition) is 6. The maximum absolute atomic E-state index is 11.5. The molecule has 1 atom stereocenters. The molecule has 7 heteroatoms. The minimum Gasteiger partial charge on any atom is -0.468 e. The van der Waals surface area contributed by atoms with E-state index in [1.165, 1.54) is 7.11 Å². The average molecular weight is 259 g/mol. The van der Waals surface area contributed by atoms with E-state index >= 15 is 0 Å².